The van der Waals surface area contributed by atoms with Crippen molar-refractivity contribution in [3.63, 3.8) is 0 Å². The Labute approximate surface area is 211 Å². The normalized spacial score (nSPS) is 18.4. The Kier molecular flexibility index (Phi) is 6.71. The Morgan fingerprint density at radius 1 is 1.03 bits per heavy atom. The van der Waals surface area contributed by atoms with Gasteiger partial charge in [0.2, 0.25) is 0 Å². The molecule has 1 saturated carbocycles. The first-order valence-electron chi connectivity index (χ1n) is 12.4. The quantitative estimate of drug-likeness (QED) is 0.337. The molecule has 1 aliphatic carbocycles. The van der Waals surface area contributed by atoms with Gasteiger partial charge in [0.25, 0.3) is 10.0 Å². The van der Waals surface area contributed by atoms with Gasteiger partial charge in [-0.05, 0) is 68.9 Å². The number of fused-ring (bicyclic) bond motifs is 1. The summed E-state index contributed by atoms with van der Waals surface area (Å²) in [6, 6.07) is 12.4. The van der Waals surface area contributed by atoms with Crippen molar-refractivity contribution in [2.45, 2.75) is 57.3 Å². The molecule has 0 N–H and O–H groups in total. The predicted molar refractivity (Wildman–Crippen MR) is 139 cm³/mol. The molecule has 0 radical (unpaired) electrons. The maximum Gasteiger partial charge on any atom is 0.269 e. The third kappa shape index (κ3) is 4.95. The average Bonchev–Trinajstić information content (AvgIpc) is 3.25. The fraction of sp³-hybridized carbons (Fsp3) is 0.357. The number of ketones is 1. The van der Waals surface area contributed by atoms with Crippen LogP contribution in [0.25, 0.3) is 22.4 Å². The smallest absolute Gasteiger partial charge is 0.269 e. The third-order valence-electron chi connectivity index (χ3n) is 7.03. The van der Waals surface area contributed by atoms with E-state index in [1.807, 2.05) is 19.1 Å². The van der Waals surface area contributed by atoms with E-state index in [0.29, 0.717) is 40.7 Å². The van der Waals surface area contributed by atoms with Crippen molar-refractivity contribution in [3.8, 4) is 11.4 Å². The molecule has 0 amide bonds. The number of carbonyl (C=O) groups is 1. The molecular formula is C28H30N4O3S. The lowest BCUT2D eigenvalue weighted by Crippen LogP contribution is -2.19. The van der Waals surface area contributed by atoms with E-state index in [9.17, 15) is 13.2 Å². The van der Waals surface area contributed by atoms with E-state index in [4.69, 9.17) is 4.98 Å². The first kappa shape index (κ1) is 24.3. The number of hydrogen-bond acceptors (Lipinski definition) is 6. The third-order valence-corrected chi connectivity index (χ3v) is 8.69. The van der Waals surface area contributed by atoms with Crippen LogP contribution in [0.5, 0.6) is 0 Å². The summed E-state index contributed by atoms with van der Waals surface area (Å²) in [7, 11) is -3.85. The van der Waals surface area contributed by atoms with Crippen LogP contribution in [0.2, 0.25) is 0 Å². The molecule has 5 rings (SSSR count). The largest absolute Gasteiger partial charge is 0.300 e. The van der Waals surface area contributed by atoms with Gasteiger partial charge < -0.3 is 4.79 Å². The van der Waals surface area contributed by atoms with Gasteiger partial charge in [0, 0.05) is 41.7 Å². The second-order valence-electron chi connectivity index (χ2n) is 9.91. The van der Waals surface area contributed by atoms with E-state index < -0.39 is 10.0 Å². The zero-order valence-corrected chi connectivity index (χ0v) is 21.4. The van der Waals surface area contributed by atoms with Gasteiger partial charge >= 0.3 is 0 Å². The molecule has 186 valence electrons. The molecule has 3 heterocycles. The lowest BCUT2D eigenvalue weighted by Gasteiger charge is -2.28. The molecular weight excluding hydrogens is 472 g/mol. The van der Waals surface area contributed by atoms with E-state index in [1.54, 1.807) is 55.8 Å². The first-order valence-corrected chi connectivity index (χ1v) is 13.9. The Balaban J connectivity index is 1.48. The fourth-order valence-corrected chi connectivity index (χ4v) is 6.66. The van der Waals surface area contributed by atoms with Gasteiger partial charge in [-0.3, -0.25) is 0 Å². The summed E-state index contributed by atoms with van der Waals surface area (Å²) in [6.07, 6.45) is 10.8. The van der Waals surface area contributed by atoms with E-state index >= 15 is 0 Å². The van der Waals surface area contributed by atoms with Gasteiger partial charge in [0.1, 0.15) is 5.78 Å². The number of benzene rings is 1. The zero-order chi connectivity index (χ0) is 25.3. The summed E-state index contributed by atoms with van der Waals surface area (Å²) in [5.41, 5.74) is 2.90. The van der Waals surface area contributed by atoms with E-state index in [1.165, 1.54) is 3.97 Å². The highest BCUT2D eigenvalue weighted by Crippen LogP contribution is 2.34. The van der Waals surface area contributed by atoms with Crippen LogP contribution in [0, 0.1) is 18.8 Å². The molecule has 2 unspecified atom stereocenters. The van der Waals surface area contributed by atoms with Crippen LogP contribution in [0.4, 0.5) is 0 Å². The number of aryl methyl sites for hydroxylation is 1. The molecule has 1 aliphatic rings. The molecule has 2 atom stereocenters. The second-order valence-corrected chi connectivity index (χ2v) is 11.7. The number of nitrogens with zero attached hydrogens (tertiary/aromatic N) is 4. The fourth-order valence-electron chi connectivity index (χ4n) is 5.33. The number of hydrogen-bond donors (Lipinski definition) is 0. The van der Waals surface area contributed by atoms with Crippen LogP contribution >= 0.6 is 0 Å². The summed E-state index contributed by atoms with van der Waals surface area (Å²) in [4.78, 5) is 25.5. The minimum absolute atomic E-state index is 0.203. The lowest BCUT2D eigenvalue weighted by molar-refractivity contribution is -0.118. The lowest BCUT2D eigenvalue weighted by atomic mass is 9.77. The highest BCUT2D eigenvalue weighted by atomic mass is 32.2. The van der Waals surface area contributed by atoms with Gasteiger partial charge in [-0.2, -0.15) is 0 Å². The van der Waals surface area contributed by atoms with Crippen molar-refractivity contribution in [1.29, 1.82) is 0 Å². The van der Waals surface area contributed by atoms with Crippen LogP contribution in [0.1, 0.15) is 50.3 Å². The van der Waals surface area contributed by atoms with Crippen molar-refractivity contribution in [2.24, 2.45) is 11.8 Å². The topological polar surface area (TPSA) is 94.8 Å². The highest BCUT2D eigenvalue weighted by Gasteiger charge is 2.25. The average molecular weight is 503 g/mol. The summed E-state index contributed by atoms with van der Waals surface area (Å²) >= 11 is 0. The van der Waals surface area contributed by atoms with E-state index in [0.717, 1.165) is 43.4 Å². The number of Topliss-reactive ketones (excluding diaryl/α,β-unsaturated/α-hetero) is 1. The monoisotopic (exact) mass is 502 g/mol. The molecule has 0 spiro atoms. The van der Waals surface area contributed by atoms with Crippen LogP contribution in [-0.4, -0.2) is 33.1 Å². The maximum atomic E-state index is 13.5. The summed E-state index contributed by atoms with van der Waals surface area (Å²) in [5.74, 6) is 1.68. The Morgan fingerprint density at radius 2 is 1.81 bits per heavy atom. The molecule has 8 heteroatoms. The zero-order valence-electron chi connectivity index (χ0n) is 20.6. The summed E-state index contributed by atoms with van der Waals surface area (Å²) in [5, 5.41) is 0.685. The number of aromatic nitrogens is 4. The summed E-state index contributed by atoms with van der Waals surface area (Å²) < 4.78 is 28.2. The van der Waals surface area contributed by atoms with Crippen LogP contribution in [0.3, 0.4) is 0 Å². The van der Waals surface area contributed by atoms with Gasteiger partial charge in [0.05, 0.1) is 4.90 Å². The van der Waals surface area contributed by atoms with Crippen molar-refractivity contribution in [2.75, 3.05) is 0 Å². The molecule has 4 aromatic rings. The van der Waals surface area contributed by atoms with Gasteiger partial charge in [-0.1, -0.05) is 37.0 Å². The molecule has 36 heavy (non-hydrogen) atoms. The van der Waals surface area contributed by atoms with Gasteiger partial charge in [-0.15, -0.1) is 0 Å². The van der Waals surface area contributed by atoms with E-state index in [-0.39, 0.29) is 10.7 Å². The molecule has 7 nitrogen and oxygen atoms in total. The van der Waals surface area contributed by atoms with Gasteiger partial charge in [0.15, 0.2) is 11.5 Å². The SMILES string of the molecule is CC(=O)CC1CCCC(Cc2ccnc(-c3cn(S(=O)(=O)c4ccc(C)cc4)c4ncccc34)n2)C1. The molecule has 1 fully saturated rings. The minimum atomic E-state index is -3.85. The number of rotatable bonds is 7. The Morgan fingerprint density at radius 3 is 2.58 bits per heavy atom. The van der Waals surface area contributed by atoms with Crippen molar-refractivity contribution >= 4 is 26.8 Å². The van der Waals surface area contributed by atoms with Crippen molar-refractivity contribution in [3.05, 3.63) is 72.3 Å². The van der Waals surface area contributed by atoms with Crippen molar-refractivity contribution in [1.82, 2.24) is 18.9 Å². The number of carbonyl (C=O) groups excluding carboxylic acids is 1. The minimum Gasteiger partial charge on any atom is -0.300 e. The molecule has 0 saturated heterocycles. The summed E-state index contributed by atoms with van der Waals surface area (Å²) in [6.45, 7) is 3.59. The number of pyridine rings is 1. The molecule has 3 aromatic heterocycles. The Hall–Kier alpha value is -3.39. The second kappa shape index (κ2) is 9.93. The predicted octanol–water partition coefficient (Wildman–Crippen LogP) is 5.37. The maximum absolute atomic E-state index is 13.5. The molecule has 0 aliphatic heterocycles. The van der Waals surface area contributed by atoms with Crippen LogP contribution in [-0.2, 0) is 21.2 Å². The first-order chi connectivity index (χ1) is 17.3. The molecule has 1 aromatic carbocycles. The van der Waals surface area contributed by atoms with Gasteiger partial charge in [-0.25, -0.2) is 27.3 Å². The Bertz CT molecular complexity index is 1510. The van der Waals surface area contributed by atoms with Crippen molar-refractivity contribution < 1.29 is 13.2 Å². The standard InChI is InChI=1S/C28H30N4O3S/c1-19-8-10-24(11-9-19)36(34,35)32-18-26(25-7-4-13-30-28(25)32)27-29-14-12-23(31-27)17-22-6-3-5-21(16-22)15-20(2)33/h4,7-14,18,21-22H,3,5-6,15-17H2,1-2H3. The van der Waals surface area contributed by atoms with E-state index in [2.05, 4.69) is 9.97 Å². The highest BCUT2D eigenvalue weighted by molar-refractivity contribution is 7.90. The van der Waals surface area contributed by atoms with Crippen LogP contribution in [0.15, 0.2) is 66.0 Å². The molecule has 0 bridgehead atoms. The van der Waals surface area contributed by atoms with Crippen LogP contribution < -0.4 is 0 Å².